The number of fused-ring (bicyclic) bond motifs is 1. The molecule has 0 spiro atoms. The summed E-state index contributed by atoms with van der Waals surface area (Å²) in [7, 11) is 2.10. The number of likely N-dealkylation sites (N-methyl/N-ethyl adjacent to an activating group) is 1. The first-order valence-corrected chi connectivity index (χ1v) is 7.05. The molecule has 3 atom stereocenters. The van der Waals surface area contributed by atoms with E-state index in [1.807, 2.05) is 6.07 Å². The van der Waals surface area contributed by atoms with E-state index in [0.29, 0.717) is 6.04 Å². The van der Waals surface area contributed by atoms with Crippen LogP contribution in [0.1, 0.15) is 24.8 Å². The van der Waals surface area contributed by atoms with Gasteiger partial charge in [-0.15, -0.1) is 0 Å². The number of hydrogen-bond donors (Lipinski definition) is 1. The molecule has 1 aromatic carbocycles. The molecule has 0 heterocycles. The van der Waals surface area contributed by atoms with E-state index >= 15 is 0 Å². The summed E-state index contributed by atoms with van der Waals surface area (Å²) >= 11 is 6.04. The molecule has 2 aliphatic carbocycles. The first kappa shape index (κ1) is 11.6. The van der Waals surface area contributed by atoms with Crippen LogP contribution in [0.5, 0.6) is 0 Å². The van der Waals surface area contributed by atoms with Crippen LogP contribution in [0.4, 0.5) is 0 Å². The summed E-state index contributed by atoms with van der Waals surface area (Å²) in [6, 6.07) is 8.91. The molecule has 92 valence electrons. The monoisotopic (exact) mass is 249 g/mol. The first-order valence-electron chi connectivity index (χ1n) is 6.68. The Morgan fingerprint density at radius 3 is 2.71 bits per heavy atom. The lowest BCUT2D eigenvalue weighted by Gasteiger charge is -2.24. The Hall–Kier alpha value is -0.530. The number of nitrogens with one attached hydrogen (secondary N) is 1. The van der Waals surface area contributed by atoms with Crippen molar-refractivity contribution in [3.63, 3.8) is 0 Å². The van der Waals surface area contributed by atoms with E-state index < -0.39 is 0 Å². The third kappa shape index (κ3) is 2.51. The first-order chi connectivity index (χ1) is 8.26. The predicted molar refractivity (Wildman–Crippen MR) is 72.3 cm³/mol. The maximum Gasteiger partial charge on any atom is 0.0408 e. The number of halogens is 1. The van der Waals surface area contributed by atoms with Gasteiger partial charge in [0.1, 0.15) is 0 Å². The van der Waals surface area contributed by atoms with Crippen LogP contribution < -0.4 is 5.32 Å². The van der Waals surface area contributed by atoms with Gasteiger partial charge < -0.3 is 5.32 Å². The second kappa shape index (κ2) is 4.62. The van der Waals surface area contributed by atoms with Crippen molar-refractivity contribution in [2.24, 2.45) is 17.8 Å². The van der Waals surface area contributed by atoms with Gasteiger partial charge in [0.25, 0.3) is 0 Å². The zero-order valence-corrected chi connectivity index (χ0v) is 11.1. The second-order valence-corrected chi connectivity index (χ2v) is 6.15. The second-order valence-electron chi connectivity index (χ2n) is 5.72. The fourth-order valence-corrected chi connectivity index (χ4v) is 3.73. The van der Waals surface area contributed by atoms with E-state index in [9.17, 15) is 0 Å². The van der Waals surface area contributed by atoms with Crippen molar-refractivity contribution in [2.45, 2.75) is 31.7 Å². The maximum absolute atomic E-state index is 6.04. The molecule has 0 saturated heterocycles. The van der Waals surface area contributed by atoms with Crippen LogP contribution in [0.3, 0.4) is 0 Å². The zero-order valence-electron chi connectivity index (χ0n) is 10.3. The van der Waals surface area contributed by atoms with Crippen molar-refractivity contribution in [1.29, 1.82) is 0 Å². The largest absolute Gasteiger partial charge is 0.316 e. The maximum atomic E-state index is 6.04. The third-order valence-electron chi connectivity index (χ3n) is 4.56. The molecule has 2 heteroatoms. The lowest BCUT2D eigenvalue weighted by molar-refractivity contribution is 0.349. The molecule has 0 bridgehead atoms. The van der Waals surface area contributed by atoms with Gasteiger partial charge in [0.05, 0.1) is 0 Å². The summed E-state index contributed by atoms with van der Waals surface area (Å²) in [5.41, 5.74) is 1.36. The molecule has 1 nitrogen and oxygen atoms in total. The molecule has 2 fully saturated rings. The molecule has 2 saturated carbocycles. The molecule has 0 aromatic heterocycles. The molecule has 0 aliphatic heterocycles. The van der Waals surface area contributed by atoms with Crippen molar-refractivity contribution in [3.05, 3.63) is 34.9 Å². The Kier molecular flexibility index (Phi) is 3.14. The van der Waals surface area contributed by atoms with Gasteiger partial charge in [-0.1, -0.05) is 23.7 Å². The average Bonchev–Trinajstić information content (AvgIpc) is 2.93. The molecule has 0 amide bonds. The number of hydrogen-bond acceptors (Lipinski definition) is 1. The standard InChI is InChI=1S/C15H20ClN/c1-17-15(13-8-11-7-12(11)9-13)6-10-3-2-4-14(16)5-10/h2-5,11-13,15,17H,6-9H2,1H3. The van der Waals surface area contributed by atoms with Crippen LogP contribution in [0.15, 0.2) is 24.3 Å². The highest BCUT2D eigenvalue weighted by Gasteiger charge is 2.47. The number of benzene rings is 1. The summed E-state index contributed by atoms with van der Waals surface area (Å²) in [6.07, 6.45) is 5.50. The van der Waals surface area contributed by atoms with Crippen LogP contribution in [0, 0.1) is 17.8 Å². The Balaban J connectivity index is 1.65. The summed E-state index contributed by atoms with van der Waals surface area (Å²) in [5.74, 6) is 3.01. The highest BCUT2D eigenvalue weighted by atomic mass is 35.5. The van der Waals surface area contributed by atoms with E-state index in [-0.39, 0.29) is 0 Å². The van der Waals surface area contributed by atoms with Gasteiger partial charge in [0, 0.05) is 11.1 Å². The third-order valence-corrected chi connectivity index (χ3v) is 4.80. The van der Waals surface area contributed by atoms with Crippen LogP contribution in [-0.2, 0) is 6.42 Å². The minimum atomic E-state index is 0.626. The molecule has 17 heavy (non-hydrogen) atoms. The molecule has 1 N–H and O–H groups in total. The Morgan fingerprint density at radius 1 is 1.29 bits per heavy atom. The Bertz CT molecular complexity index is 394. The van der Waals surface area contributed by atoms with Crippen LogP contribution in [-0.4, -0.2) is 13.1 Å². The van der Waals surface area contributed by atoms with Crippen molar-refractivity contribution in [1.82, 2.24) is 5.32 Å². The summed E-state index contributed by atoms with van der Waals surface area (Å²) in [4.78, 5) is 0. The van der Waals surface area contributed by atoms with Gasteiger partial charge in [-0.05, 0) is 68.2 Å². The number of rotatable bonds is 4. The predicted octanol–water partition coefficient (Wildman–Crippen LogP) is 3.52. The molecule has 0 radical (unpaired) electrons. The van der Waals surface area contributed by atoms with E-state index in [0.717, 1.165) is 29.2 Å². The lowest BCUT2D eigenvalue weighted by Crippen LogP contribution is -2.35. The van der Waals surface area contributed by atoms with Gasteiger partial charge in [-0.2, -0.15) is 0 Å². The lowest BCUT2D eigenvalue weighted by atomic mass is 9.90. The summed E-state index contributed by atoms with van der Waals surface area (Å²) in [6.45, 7) is 0. The van der Waals surface area contributed by atoms with Gasteiger partial charge in [0.15, 0.2) is 0 Å². The zero-order chi connectivity index (χ0) is 11.8. The summed E-state index contributed by atoms with van der Waals surface area (Å²) in [5, 5.41) is 4.36. The summed E-state index contributed by atoms with van der Waals surface area (Å²) < 4.78 is 0. The smallest absolute Gasteiger partial charge is 0.0408 e. The van der Waals surface area contributed by atoms with E-state index in [4.69, 9.17) is 11.6 Å². The normalized spacial score (nSPS) is 32.2. The molecule has 3 rings (SSSR count). The van der Waals surface area contributed by atoms with Crippen molar-refractivity contribution < 1.29 is 0 Å². The SMILES string of the molecule is CNC(Cc1cccc(Cl)c1)C1CC2CC2C1. The minimum Gasteiger partial charge on any atom is -0.316 e. The Labute approximate surface area is 109 Å². The van der Waals surface area contributed by atoms with Crippen molar-refractivity contribution >= 4 is 11.6 Å². The van der Waals surface area contributed by atoms with Crippen molar-refractivity contribution in [3.8, 4) is 0 Å². The van der Waals surface area contributed by atoms with Crippen molar-refractivity contribution in [2.75, 3.05) is 7.05 Å². The molecular formula is C15H20ClN. The fraction of sp³-hybridized carbons (Fsp3) is 0.600. The highest BCUT2D eigenvalue weighted by molar-refractivity contribution is 6.30. The molecule has 3 unspecified atom stereocenters. The highest BCUT2D eigenvalue weighted by Crippen LogP contribution is 2.55. The van der Waals surface area contributed by atoms with Crippen LogP contribution in [0.25, 0.3) is 0 Å². The topological polar surface area (TPSA) is 12.0 Å². The fourth-order valence-electron chi connectivity index (χ4n) is 3.51. The molecule has 1 aromatic rings. The van der Waals surface area contributed by atoms with Gasteiger partial charge in [0.2, 0.25) is 0 Å². The van der Waals surface area contributed by atoms with Gasteiger partial charge >= 0.3 is 0 Å². The molecule has 2 aliphatic rings. The van der Waals surface area contributed by atoms with Crippen LogP contribution >= 0.6 is 11.6 Å². The quantitative estimate of drug-likeness (QED) is 0.861. The van der Waals surface area contributed by atoms with Gasteiger partial charge in [-0.25, -0.2) is 0 Å². The minimum absolute atomic E-state index is 0.626. The average molecular weight is 250 g/mol. The van der Waals surface area contributed by atoms with E-state index in [2.05, 4.69) is 30.6 Å². The molecular weight excluding hydrogens is 230 g/mol. The van der Waals surface area contributed by atoms with E-state index in [1.165, 1.54) is 24.8 Å². The Morgan fingerprint density at radius 2 is 2.06 bits per heavy atom. The van der Waals surface area contributed by atoms with Gasteiger partial charge in [-0.3, -0.25) is 0 Å². The van der Waals surface area contributed by atoms with Crippen LogP contribution in [0.2, 0.25) is 5.02 Å². The van der Waals surface area contributed by atoms with E-state index in [1.54, 1.807) is 0 Å².